The summed E-state index contributed by atoms with van der Waals surface area (Å²) in [4.78, 5) is 8.87. The maximum Gasteiger partial charge on any atom is 0.135 e. The van der Waals surface area contributed by atoms with Crippen LogP contribution >= 0.6 is 11.6 Å². The van der Waals surface area contributed by atoms with Crippen molar-refractivity contribution < 1.29 is 4.39 Å². The first kappa shape index (κ1) is 22.3. The van der Waals surface area contributed by atoms with Gasteiger partial charge in [-0.1, -0.05) is 36.9 Å². The molecule has 1 saturated carbocycles. The van der Waals surface area contributed by atoms with Crippen LogP contribution < -0.4 is 11.1 Å². The Hall–Kier alpha value is -3.45. The fourth-order valence-corrected chi connectivity index (χ4v) is 4.71. The zero-order valence-corrected chi connectivity index (χ0v) is 19.7. The van der Waals surface area contributed by atoms with Gasteiger partial charge in [-0.05, 0) is 44.0 Å². The number of nitrogens with two attached hydrogens (primary N) is 1. The van der Waals surface area contributed by atoms with Gasteiger partial charge >= 0.3 is 0 Å². The molecule has 0 atom stereocenters. The van der Waals surface area contributed by atoms with Crippen LogP contribution in [0.5, 0.6) is 0 Å². The molecule has 5 rings (SSSR count). The normalized spacial score (nSPS) is 15.1. The van der Waals surface area contributed by atoms with Gasteiger partial charge in [0.15, 0.2) is 0 Å². The molecule has 34 heavy (non-hydrogen) atoms. The number of benzene rings is 1. The smallest absolute Gasteiger partial charge is 0.135 e. The number of fused-ring (bicyclic) bond motifs is 1. The Morgan fingerprint density at radius 1 is 1.21 bits per heavy atom. The van der Waals surface area contributed by atoms with Crippen molar-refractivity contribution in [3.63, 3.8) is 0 Å². The molecule has 0 saturated heterocycles. The molecular weight excluding hydrogens is 451 g/mol. The lowest BCUT2D eigenvalue weighted by Gasteiger charge is -2.25. The van der Waals surface area contributed by atoms with E-state index in [4.69, 9.17) is 17.3 Å². The monoisotopic (exact) mass is 476 g/mol. The molecule has 1 aliphatic rings. The molecule has 0 aliphatic heterocycles. The second-order valence-corrected chi connectivity index (χ2v) is 9.11. The number of pyridine rings is 1. The second kappa shape index (κ2) is 9.43. The van der Waals surface area contributed by atoms with Crippen LogP contribution in [-0.4, -0.2) is 26.5 Å². The van der Waals surface area contributed by atoms with E-state index < -0.39 is 5.82 Å². The highest BCUT2D eigenvalue weighted by molar-refractivity contribution is 6.33. The van der Waals surface area contributed by atoms with Crippen molar-refractivity contribution in [1.29, 1.82) is 0 Å². The number of nitrogens with one attached hydrogen (secondary N) is 1. The van der Waals surface area contributed by atoms with Gasteiger partial charge in [0, 0.05) is 41.3 Å². The Labute approximate surface area is 202 Å². The van der Waals surface area contributed by atoms with Gasteiger partial charge in [-0.2, -0.15) is 5.10 Å². The summed E-state index contributed by atoms with van der Waals surface area (Å²) in [6, 6.07) is 10.4. The number of hydrogen-bond donors (Lipinski definition) is 2. The van der Waals surface area contributed by atoms with Crippen LogP contribution in [-0.2, 0) is 0 Å². The van der Waals surface area contributed by atoms with Crippen LogP contribution in [0.4, 0.5) is 15.8 Å². The number of aryl methyl sites for hydroxylation is 1. The Kier molecular flexibility index (Phi) is 6.20. The number of amidine groups is 1. The van der Waals surface area contributed by atoms with E-state index >= 15 is 0 Å². The van der Waals surface area contributed by atoms with Crippen molar-refractivity contribution in [3.05, 3.63) is 77.1 Å². The maximum atomic E-state index is 13.8. The SMILES string of the molecule is Cc1ncccc1-c1cc2c(NC3CCCCC3)c(C(N)=Nc3cc(F)ccc3Cl)cnn2c1. The highest BCUT2D eigenvalue weighted by Crippen LogP contribution is 2.33. The van der Waals surface area contributed by atoms with Gasteiger partial charge in [0.05, 0.1) is 33.7 Å². The van der Waals surface area contributed by atoms with Crippen molar-refractivity contribution in [2.24, 2.45) is 10.7 Å². The van der Waals surface area contributed by atoms with Crippen molar-refractivity contribution in [2.45, 2.75) is 45.1 Å². The molecule has 4 aromatic rings. The summed E-state index contributed by atoms with van der Waals surface area (Å²) < 4.78 is 15.6. The molecule has 0 amide bonds. The summed E-state index contributed by atoms with van der Waals surface area (Å²) in [6.07, 6.45) is 11.3. The summed E-state index contributed by atoms with van der Waals surface area (Å²) in [6.45, 7) is 1.99. The molecule has 8 heteroatoms. The lowest BCUT2D eigenvalue weighted by atomic mass is 9.95. The highest BCUT2D eigenvalue weighted by atomic mass is 35.5. The zero-order chi connectivity index (χ0) is 23.7. The summed E-state index contributed by atoms with van der Waals surface area (Å²) in [5.74, 6) is -0.200. The van der Waals surface area contributed by atoms with Gasteiger partial charge in [-0.3, -0.25) is 4.98 Å². The average molecular weight is 477 g/mol. The minimum Gasteiger partial charge on any atom is -0.383 e. The van der Waals surface area contributed by atoms with E-state index in [0.717, 1.165) is 40.9 Å². The van der Waals surface area contributed by atoms with Crippen LogP contribution in [0, 0.1) is 12.7 Å². The third kappa shape index (κ3) is 4.48. The second-order valence-electron chi connectivity index (χ2n) is 8.70. The standard InChI is InChI=1S/C26H26ClFN6/c1-16-20(8-5-11-30-16)17-12-24-25(32-19-6-3-2-4-7-19)21(14-31-34(24)15-17)26(29)33-23-13-18(28)9-10-22(23)27/h5,8-15,19,32H,2-4,6-7H2,1H3,(H2,29,33). The first-order chi connectivity index (χ1) is 16.5. The minimum absolute atomic E-state index is 0.223. The fraction of sp³-hybridized carbons (Fsp3) is 0.269. The predicted molar refractivity (Wildman–Crippen MR) is 135 cm³/mol. The number of nitrogens with zero attached hydrogens (tertiary/aromatic N) is 4. The molecule has 1 fully saturated rings. The van der Waals surface area contributed by atoms with E-state index in [0.29, 0.717) is 16.6 Å². The number of hydrogen-bond acceptors (Lipinski definition) is 4. The van der Waals surface area contributed by atoms with Gasteiger partial charge in [-0.25, -0.2) is 13.9 Å². The molecule has 174 valence electrons. The molecule has 3 aromatic heterocycles. The molecular formula is C26H26ClFN6. The van der Waals surface area contributed by atoms with E-state index in [2.05, 4.69) is 26.5 Å². The molecule has 3 heterocycles. The summed E-state index contributed by atoms with van der Waals surface area (Å²) in [5, 5.41) is 8.65. The average Bonchev–Trinajstić information content (AvgIpc) is 3.27. The number of aromatic nitrogens is 3. The number of halogens is 2. The number of rotatable bonds is 5. The summed E-state index contributed by atoms with van der Waals surface area (Å²) in [7, 11) is 0. The largest absolute Gasteiger partial charge is 0.383 e. The number of anilines is 1. The van der Waals surface area contributed by atoms with E-state index in [1.165, 1.54) is 37.5 Å². The van der Waals surface area contributed by atoms with Gasteiger partial charge < -0.3 is 11.1 Å². The number of aliphatic imine (C=N–C) groups is 1. The van der Waals surface area contributed by atoms with Crippen LogP contribution in [0.1, 0.15) is 43.4 Å². The third-order valence-corrected chi connectivity index (χ3v) is 6.65. The van der Waals surface area contributed by atoms with Crippen molar-refractivity contribution in [1.82, 2.24) is 14.6 Å². The lowest BCUT2D eigenvalue weighted by Crippen LogP contribution is -2.25. The van der Waals surface area contributed by atoms with Crippen LogP contribution in [0.15, 0.2) is 60.0 Å². The van der Waals surface area contributed by atoms with Crippen molar-refractivity contribution in [2.75, 3.05) is 5.32 Å². The molecule has 0 spiro atoms. The zero-order valence-electron chi connectivity index (χ0n) is 18.9. The van der Waals surface area contributed by atoms with E-state index in [1.54, 1.807) is 12.4 Å². The van der Waals surface area contributed by atoms with Gasteiger partial charge in [0.1, 0.15) is 11.7 Å². The van der Waals surface area contributed by atoms with E-state index in [1.807, 2.05) is 29.8 Å². The minimum atomic E-state index is -0.423. The maximum absolute atomic E-state index is 13.8. The third-order valence-electron chi connectivity index (χ3n) is 6.33. The molecule has 6 nitrogen and oxygen atoms in total. The molecule has 0 unspecified atom stereocenters. The van der Waals surface area contributed by atoms with Crippen LogP contribution in [0.2, 0.25) is 5.02 Å². The quantitative estimate of drug-likeness (QED) is 0.262. The van der Waals surface area contributed by atoms with E-state index in [9.17, 15) is 4.39 Å². The van der Waals surface area contributed by atoms with Gasteiger partial charge in [0.2, 0.25) is 0 Å². The Morgan fingerprint density at radius 2 is 2.03 bits per heavy atom. The van der Waals surface area contributed by atoms with Crippen molar-refractivity contribution in [3.8, 4) is 11.1 Å². The molecule has 0 bridgehead atoms. The summed E-state index contributed by atoms with van der Waals surface area (Å²) in [5.41, 5.74) is 12.2. The molecule has 1 aliphatic carbocycles. The predicted octanol–water partition coefficient (Wildman–Crippen LogP) is 6.28. The van der Waals surface area contributed by atoms with Gasteiger partial charge in [-0.15, -0.1) is 0 Å². The van der Waals surface area contributed by atoms with Gasteiger partial charge in [0.25, 0.3) is 0 Å². The lowest BCUT2D eigenvalue weighted by molar-refractivity contribution is 0.463. The Balaban J connectivity index is 1.64. The Morgan fingerprint density at radius 3 is 2.82 bits per heavy atom. The fourth-order valence-electron chi connectivity index (χ4n) is 4.55. The van der Waals surface area contributed by atoms with Crippen molar-refractivity contribution >= 4 is 34.3 Å². The van der Waals surface area contributed by atoms with Crippen LogP contribution in [0.25, 0.3) is 16.6 Å². The molecule has 0 radical (unpaired) electrons. The highest BCUT2D eigenvalue weighted by Gasteiger charge is 2.20. The summed E-state index contributed by atoms with van der Waals surface area (Å²) >= 11 is 6.23. The van der Waals surface area contributed by atoms with Crippen LogP contribution in [0.3, 0.4) is 0 Å². The van der Waals surface area contributed by atoms with E-state index in [-0.39, 0.29) is 11.5 Å². The molecule has 3 N–H and O–H groups in total. The Bertz CT molecular complexity index is 1370. The molecule has 1 aromatic carbocycles. The first-order valence-corrected chi connectivity index (χ1v) is 11.9. The first-order valence-electron chi connectivity index (χ1n) is 11.5. The topological polar surface area (TPSA) is 80.6 Å².